The van der Waals surface area contributed by atoms with E-state index in [2.05, 4.69) is 14.8 Å². The number of nitrogens with zero attached hydrogens (tertiary/aromatic N) is 2. The molecule has 1 aliphatic heterocycles. The number of alkyl halides is 3. The number of rotatable bonds is 8. The fraction of sp³-hybridized carbons (Fsp3) is 0.333. The lowest BCUT2D eigenvalue weighted by atomic mass is 10.0. The van der Waals surface area contributed by atoms with Gasteiger partial charge in [0.15, 0.2) is 12.4 Å². The normalized spacial score (nSPS) is 19.4. The number of likely N-dealkylation sites (tertiary alicyclic amines) is 1. The Kier molecular flexibility index (Phi) is 7.24. The smallest absolute Gasteiger partial charge is 0.482 e. The topological polar surface area (TPSA) is 142 Å². The van der Waals surface area contributed by atoms with E-state index in [1.807, 2.05) is 0 Å². The summed E-state index contributed by atoms with van der Waals surface area (Å²) in [6.45, 7) is -0.352. The van der Waals surface area contributed by atoms with Crippen LogP contribution in [-0.4, -0.2) is 65.4 Å². The van der Waals surface area contributed by atoms with E-state index >= 15 is 0 Å². The van der Waals surface area contributed by atoms with Crippen molar-refractivity contribution in [2.75, 3.05) is 19.0 Å². The molecule has 1 aliphatic carbocycles. The summed E-state index contributed by atoms with van der Waals surface area (Å²) in [7, 11) is 1.22. The van der Waals surface area contributed by atoms with E-state index in [-0.39, 0.29) is 42.2 Å². The van der Waals surface area contributed by atoms with E-state index in [9.17, 15) is 32.3 Å². The number of Topliss-reactive ketones (excluding diaryl/α,β-unsaturated/α-hetero) is 1. The molecule has 2 aromatic carbocycles. The second-order valence-electron chi connectivity index (χ2n) is 9.79. The van der Waals surface area contributed by atoms with E-state index in [1.165, 1.54) is 36.4 Å². The maximum atomic E-state index is 13.4. The van der Waals surface area contributed by atoms with Crippen molar-refractivity contribution in [1.29, 1.82) is 0 Å². The number of halogens is 3. The van der Waals surface area contributed by atoms with Crippen LogP contribution in [0.5, 0.6) is 11.5 Å². The minimum absolute atomic E-state index is 0.147. The standard InChI is InChI=1S/C27H25F3N4O7/c1-39-24(36)13-40-16-5-6-18-19(12-33(25(31)37)21(18)11-16)32-26(38)34-20-9-15(20)10-22(34)23(35)8-14-3-2-4-17(7-14)41-27(28,29)30/h2-7,11-12,15,20,22H,8-10,13H2,1H3,(H2,31,37)(H,32,38)/t15-,20-,22+/m1/s1. The van der Waals surface area contributed by atoms with Gasteiger partial charge in [0.2, 0.25) is 0 Å². The lowest BCUT2D eigenvalue weighted by Gasteiger charge is -2.27. The number of carbonyl (C=O) groups excluding carboxylic acids is 4. The molecule has 0 radical (unpaired) electrons. The zero-order valence-electron chi connectivity index (χ0n) is 21.6. The van der Waals surface area contributed by atoms with Crippen molar-refractivity contribution >= 4 is 40.4 Å². The van der Waals surface area contributed by atoms with Crippen LogP contribution in [-0.2, 0) is 20.7 Å². The summed E-state index contributed by atoms with van der Waals surface area (Å²) in [5.74, 6) is -0.938. The van der Waals surface area contributed by atoms with Gasteiger partial charge in [-0.05, 0) is 48.6 Å². The number of primary amides is 1. The maximum absolute atomic E-state index is 13.4. The fourth-order valence-corrected chi connectivity index (χ4v) is 5.17. The van der Waals surface area contributed by atoms with E-state index in [1.54, 1.807) is 12.1 Å². The first-order valence-corrected chi connectivity index (χ1v) is 12.5. The summed E-state index contributed by atoms with van der Waals surface area (Å²) in [5, 5.41) is 3.22. The van der Waals surface area contributed by atoms with Gasteiger partial charge in [0.25, 0.3) is 0 Å². The van der Waals surface area contributed by atoms with E-state index in [0.717, 1.165) is 23.1 Å². The Morgan fingerprint density at radius 2 is 1.85 bits per heavy atom. The van der Waals surface area contributed by atoms with Gasteiger partial charge in [0, 0.05) is 30.1 Å². The van der Waals surface area contributed by atoms with Gasteiger partial charge < -0.3 is 30.2 Å². The number of ketones is 1. The molecule has 41 heavy (non-hydrogen) atoms. The highest BCUT2D eigenvalue weighted by Crippen LogP contribution is 2.48. The van der Waals surface area contributed by atoms with Crippen molar-refractivity contribution in [2.45, 2.75) is 37.7 Å². The summed E-state index contributed by atoms with van der Waals surface area (Å²) < 4.78 is 52.8. The molecule has 3 atom stereocenters. The molecule has 0 unspecified atom stereocenters. The highest BCUT2D eigenvalue weighted by Gasteiger charge is 2.56. The van der Waals surface area contributed by atoms with Crippen LogP contribution in [0.3, 0.4) is 0 Å². The van der Waals surface area contributed by atoms with Gasteiger partial charge in [-0.1, -0.05) is 12.1 Å². The molecule has 0 spiro atoms. The Morgan fingerprint density at radius 1 is 1.07 bits per heavy atom. The van der Waals surface area contributed by atoms with Gasteiger partial charge in [0.1, 0.15) is 11.5 Å². The quantitative estimate of drug-likeness (QED) is 0.390. The van der Waals surface area contributed by atoms with Crippen LogP contribution in [0.1, 0.15) is 18.4 Å². The van der Waals surface area contributed by atoms with E-state index in [4.69, 9.17) is 10.5 Å². The summed E-state index contributed by atoms with van der Waals surface area (Å²) in [4.78, 5) is 51.6. The Hall–Kier alpha value is -4.75. The van der Waals surface area contributed by atoms with E-state index in [0.29, 0.717) is 22.9 Å². The van der Waals surface area contributed by atoms with Gasteiger partial charge in [-0.3, -0.25) is 9.36 Å². The van der Waals surface area contributed by atoms with Crippen LogP contribution in [0.25, 0.3) is 10.9 Å². The summed E-state index contributed by atoms with van der Waals surface area (Å²) in [6.07, 6.45) is -2.52. The Balaban J connectivity index is 1.33. The lowest BCUT2D eigenvalue weighted by Crippen LogP contribution is -2.45. The average Bonchev–Trinajstić information content (AvgIpc) is 3.41. The van der Waals surface area contributed by atoms with Crippen molar-refractivity contribution in [1.82, 2.24) is 9.47 Å². The summed E-state index contributed by atoms with van der Waals surface area (Å²) in [6, 6.07) is 7.47. The predicted octanol–water partition coefficient (Wildman–Crippen LogP) is 3.83. The number of esters is 1. The van der Waals surface area contributed by atoms with Gasteiger partial charge in [-0.25, -0.2) is 14.4 Å². The molecule has 5 rings (SSSR count). The third-order valence-electron chi connectivity index (χ3n) is 7.06. The van der Waals surface area contributed by atoms with E-state index < -0.39 is 36.2 Å². The number of ether oxygens (including phenoxy) is 3. The van der Waals surface area contributed by atoms with Crippen molar-refractivity contribution in [2.24, 2.45) is 11.7 Å². The number of piperidine rings is 1. The van der Waals surface area contributed by atoms with Crippen LogP contribution in [0.2, 0.25) is 0 Å². The first-order valence-electron chi connectivity index (χ1n) is 12.5. The van der Waals surface area contributed by atoms with Crippen molar-refractivity contribution in [3.8, 4) is 11.5 Å². The first-order chi connectivity index (χ1) is 19.4. The summed E-state index contributed by atoms with van der Waals surface area (Å²) in [5.41, 5.74) is 6.42. The molecule has 3 N–H and O–H groups in total. The van der Waals surface area contributed by atoms with Crippen LogP contribution in [0.4, 0.5) is 28.4 Å². The molecular formula is C27H25F3N4O7. The monoisotopic (exact) mass is 574 g/mol. The first kappa shape index (κ1) is 27.8. The molecule has 2 fully saturated rings. The number of urea groups is 1. The van der Waals surface area contributed by atoms with Crippen LogP contribution in [0, 0.1) is 5.92 Å². The molecule has 14 heteroatoms. The number of benzene rings is 2. The fourth-order valence-electron chi connectivity index (χ4n) is 5.17. The zero-order chi connectivity index (χ0) is 29.5. The molecule has 1 saturated carbocycles. The van der Waals surface area contributed by atoms with Gasteiger partial charge in [0.05, 0.1) is 24.4 Å². The number of hydrogen-bond acceptors (Lipinski definition) is 7. The summed E-state index contributed by atoms with van der Waals surface area (Å²) >= 11 is 0. The second kappa shape index (κ2) is 10.7. The largest absolute Gasteiger partial charge is 0.573 e. The van der Waals surface area contributed by atoms with Gasteiger partial charge in [-0.2, -0.15) is 0 Å². The number of aromatic nitrogens is 1. The zero-order valence-corrected chi connectivity index (χ0v) is 21.6. The molecule has 11 nitrogen and oxygen atoms in total. The number of anilines is 1. The maximum Gasteiger partial charge on any atom is 0.573 e. The Labute approximate surface area is 230 Å². The Bertz CT molecular complexity index is 1540. The molecule has 0 bridgehead atoms. The molecule has 216 valence electrons. The number of methoxy groups -OCH3 is 1. The van der Waals surface area contributed by atoms with Gasteiger partial charge >= 0.3 is 24.4 Å². The molecule has 1 saturated heterocycles. The molecule has 1 aromatic heterocycles. The van der Waals surface area contributed by atoms with Crippen LogP contribution >= 0.6 is 0 Å². The van der Waals surface area contributed by atoms with Crippen molar-refractivity contribution in [3.05, 3.63) is 54.2 Å². The average molecular weight is 575 g/mol. The van der Waals surface area contributed by atoms with Crippen LogP contribution in [0.15, 0.2) is 48.7 Å². The van der Waals surface area contributed by atoms with Crippen LogP contribution < -0.4 is 20.5 Å². The highest BCUT2D eigenvalue weighted by molar-refractivity contribution is 6.06. The highest BCUT2D eigenvalue weighted by atomic mass is 19.4. The molecule has 2 aliphatic rings. The van der Waals surface area contributed by atoms with Crippen molar-refractivity contribution < 1.29 is 46.6 Å². The van der Waals surface area contributed by atoms with Crippen molar-refractivity contribution in [3.63, 3.8) is 0 Å². The lowest BCUT2D eigenvalue weighted by molar-refractivity contribution is -0.274. The number of hydrogen-bond donors (Lipinski definition) is 2. The number of fused-ring (bicyclic) bond motifs is 2. The predicted molar refractivity (Wildman–Crippen MR) is 137 cm³/mol. The SMILES string of the molecule is COC(=O)COc1ccc2c(NC(=O)N3[C@@H]4C[C@@H]4C[C@H]3C(=O)Cc3cccc(OC(F)(F)F)c3)cn(C(N)=O)c2c1. The van der Waals surface area contributed by atoms with Gasteiger partial charge in [-0.15, -0.1) is 13.2 Å². The number of carbonyl (C=O) groups is 4. The third-order valence-corrected chi connectivity index (χ3v) is 7.06. The number of amides is 3. The minimum Gasteiger partial charge on any atom is -0.482 e. The molecule has 2 heterocycles. The Morgan fingerprint density at radius 3 is 2.56 bits per heavy atom. The third kappa shape index (κ3) is 6.05. The number of nitrogens with one attached hydrogen (secondary N) is 1. The second-order valence-corrected chi connectivity index (χ2v) is 9.79. The molecular weight excluding hydrogens is 549 g/mol. The molecule has 3 amide bonds. The molecule has 3 aromatic rings. The number of nitrogens with two attached hydrogens (primary N) is 1. The minimum atomic E-state index is -4.86.